The van der Waals surface area contributed by atoms with Crippen molar-refractivity contribution in [2.45, 2.75) is 12.6 Å². The zero-order valence-electron chi connectivity index (χ0n) is 15.8. The van der Waals surface area contributed by atoms with E-state index in [1.54, 1.807) is 7.11 Å². The number of benzene rings is 2. The first-order valence-electron chi connectivity index (χ1n) is 8.77. The van der Waals surface area contributed by atoms with Crippen LogP contribution in [0.3, 0.4) is 0 Å². The van der Waals surface area contributed by atoms with Crippen LogP contribution in [0.5, 0.6) is 17.2 Å². The first-order valence-corrected chi connectivity index (χ1v) is 9.18. The molecule has 0 fully saturated rings. The Labute approximate surface area is 165 Å². The van der Waals surface area contributed by atoms with Crippen molar-refractivity contribution >= 4 is 17.3 Å². The predicted molar refractivity (Wildman–Crippen MR) is 109 cm³/mol. The van der Waals surface area contributed by atoms with Crippen LogP contribution < -0.4 is 24.8 Å². The standard InChI is InChI=1S/C20H25N3O3S/c1-23(2)17(15-5-7-16(24-3)8-6-15)12-22-20(27)21-11-14-4-9-18-19(10-14)26-13-25-18/h4-10,17H,11-13H2,1-3H3,(H2,21,22,27)/t17-/m1/s1. The zero-order chi connectivity index (χ0) is 19.2. The van der Waals surface area contributed by atoms with Crippen LogP contribution in [0.4, 0.5) is 0 Å². The molecular formula is C20H25N3O3S. The van der Waals surface area contributed by atoms with Gasteiger partial charge in [-0.3, -0.25) is 0 Å². The Bertz CT molecular complexity index is 781. The molecule has 0 aromatic heterocycles. The van der Waals surface area contributed by atoms with Gasteiger partial charge in [0.2, 0.25) is 6.79 Å². The van der Waals surface area contributed by atoms with Gasteiger partial charge in [0, 0.05) is 13.1 Å². The molecule has 7 heteroatoms. The van der Waals surface area contributed by atoms with E-state index in [0.29, 0.717) is 18.2 Å². The molecule has 0 bridgehead atoms. The van der Waals surface area contributed by atoms with E-state index < -0.39 is 0 Å². The molecule has 2 aromatic carbocycles. The van der Waals surface area contributed by atoms with Crippen LogP contribution >= 0.6 is 12.2 Å². The fraction of sp³-hybridized carbons (Fsp3) is 0.350. The fourth-order valence-corrected chi connectivity index (χ4v) is 3.07. The quantitative estimate of drug-likeness (QED) is 0.709. The second-order valence-corrected chi connectivity index (χ2v) is 6.91. The Kier molecular flexibility index (Phi) is 6.36. The van der Waals surface area contributed by atoms with E-state index in [0.717, 1.165) is 22.8 Å². The van der Waals surface area contributed by atoms with Crippen LogP contribution in [0.15, 0.2) is 42.5 Å². The Morgan fingerprint density at radius 1 is 1.11 bits per heavy atom. The van der Waals surface area contributed by atoms with Gasteiger partial charge < -0.3 is 29.7 Å². The number of methoxy groups -OCH3 is 1. The van der Waals surface area contributed by atoms with E-state index in [2.05, 4.69) is 41.8 Å². The van der Waals surface area contributed by atoms with Gasteiger partial charge in [-0.05, 0) is 61.7 Å². The molecule has 27 heavy (non-hydrogen) atoms. The lowest BCUT2D eigenvalue weighted by molar-refractivity contribution is 0.174. The highest BCUT2D eigenvalue weighted by molar-refractivity contribution is 7.80. The summed E-state index contributed by atoms with van der Waals surface area (Å²) in [5.41, 5.74) is 2.29. The molecule has 1 aliphatic rings. The zero-order valence-corrected chi connectivity index (χ0v) is 16.6. The predicted octanol–water partition coefficient (Wildman–Crippen LogP) is 2.69. The molecule has 0 radical (unpaired) electrons. The minimum atomic E-state index is 0.196. The Hall–Kier alpha value is -2.51. The van der Waals surface area contributed by atoms with Crippen molar-refractivity contribution in [1.82, 2.24) is 15.5 Å². The summed E-state index contributed by atoms with van der Waals surface area (Å²) in [6.45, 7) is 1.60. The smallest absolute Gasteiger partial charge is 0.231 e. The number of thiocarbonyl (C=S) groups is 1. The van der Waals surface area contributed by atoms with Crippen LogP contribution in [0.2, 0.25) is 0 Å². The summed E-state index contributed by atoms with van der Waals surface area (Å²) in [4.78, 5) is 2.16. The van der Waals surface area contributed by atoms with Gasteiger partial charge in [0.1, 0.15) is 5.75 Å². The summed E-state index contributed by atoms with van der Waals surface area (Å²) in [5.74, 6) is 2.42. The highest BCUT2D eigenvalue weighted by Gasteiger charge is 2.15. The monoisotopic (exact) mass is 387 g/mol. The van der Waals surface area contributed by atoms with Gasteiger partial charge in [0.15, 0.2) is 16.6 Å². The van der Waals surface area contributed by atoms with Crippen LogP contribution in [0.25, 0.3) is 0 Å². The summed E-state index contributed by atoms with van der Waals surface area (Å²) < 4.78 is 16.0. The third-order valence-electron chi connectivity index (χ3n) is 4.47. The molecule has 0 saturated carbocycles. The van der Waals surface area contributed by atoms with E-state index in [1.807, 2.05) is 30.3 Å². The second kappa shape index (κ2) is 8.92. The summed E-state index contributed by atoms with van der Waals surface area (Å²) in [5, 5.41) is 7.16. The van der Waals surface area contributed by atoms with Crippen molar-refractivity contribution in [1.29, 1.82) is 0 Å². The molecule has 144 valence electrons. The van der Waals surface area contributed by atoms with E-state index in [-0.39, 0.29) is 12.8 Å². The van der Waals surface area contributed by atoms with Crippen LogP contribution in [0.1, 0.15) is 17.2 Å². The Morgan fingerprint density at radius 2 is 1.85 bits per heavy atom. The number of ether oxygens (including phenoxy) is 3. The number of hydrogen-bond acceptors (Lipinski definition) is 5. The van der Waals surface area contributed by atoms with Crippen molar-refractivity contribution in [3.05, 3.63) is 53.6 Å². The molecule has 0 aliphatic carbocycles. The highest BCUT2D eigenvalue weighted by Crippen LogP contribution is 2.32. The number of likely N-dealkylation sites (N-methyl/N-ethyl adjacent to an activating group) is 1. The number of fused-ring (bicyclic) bond motifs is 1. The SMILES string of the molecule is COc1ccc([C@@H](CNC(=S)NCc2ccc3c(c2)OCO3)N(C)C)cc1. The van der Waals surface area contributed by atoms with Gasteiger partial charge in [-0.25, -0.2) is 0 Å². The molecule has 0 unspecified atom stereocenters. The summed E-state index contributed by atoms with van der Waals surface area (Å²) in [7, 11) is 5.78. The third kappa shape index (κ3) is 5.02. The van der Waals surface area contributed by atoms with Gasteiger partial charge in [-0.2, -0.15) is 0 Å². The maximum absolute atomic E-state index is 5.43. The third-order valence-corrected chi connectivity index (χ3v) is 4.76. The first-order chi connectivity index (χ1) is 13.1. The molecule has 1 heterocycles. The van der Waals surface area contributed by atoms with E-state index in [1.165, 1.54) is 5.56 Å². The topological polar surface area (TPSA) is 55.0 Å². The number of hydrogen-bond donors (Lipinski definition) is 2. The second-order valence-electron chi connectivity index (χ2n) is 6.50. The maximum Gasteiger partial charge on any atom is 0.231 e. The van der Waals surface area contributed by atoms with Crippen molar-refractivity contribution in [3.63, 3.8) is 0 Å². The van der Waals surface area contributed by atoms with Crippen molar-refractivity contribution < 1.29 is 14.2 Å². The summed E-state index contributed by atoms with van der Waals surface area (Å²) in [6.07, 6.45) is 0. The van der Waals surface area contributed by atoms with Crippen LogP contribution in [0, 0.1) is 0 Å². The van der Waals surface area contributed by atoms with Crippen LogP contribution in [-0.4, -0.2) is 44.6 Å². The lowest BCUT2D eigenvalue weighted by atomic mass is 10.1. The maximum atomic E-state index is 5.43. The molecular weight excluding hydrogens is 362 g/mol. The van der Waals surface area contributed by atoms with E-state index in [4.69, 9.17) is 26.4 Å². The van der Waals surface area contributed by atoms with Crippen LogP contribution in [-0.2, 0) is 6.54 Å². The fourth-order valence-electron chi connectivity index (χ4n) is 2.91. The summed E-state index contributed by atoms with van der Waals surface area (Å²) >= 11 is 5.43. The molecule has 1 atom stereocenters. The lowest BCUT2D eigenvalue weighted by Crippen LogP contribution is -2.40. The molecule has 2 N–H and O–H groups in total. The summed E-state index contributed by atoms with van der Waals surface area (Å²) in [6, 6.07) is 14.2. The Balaban J connectivity index is 1.51. The average molecular weight is 388 g/mol. The molecule has 6 nitrogen and oxygen atoms in total. The van der Waals surface area contributed by atoms with E-state index in [9.17, 15) is 0 Å². The van der Waals surface area contributed by atoms with Gasteiger partial charge in [-0.1, -0.05) is 18.2 Å². The van der Waals surface area contributed by atoms with Gasteiger partial charge in [0.25, 0.3) is 0 Å². The van der Waals surface area contributed by atoms with Crippen molar-refractivity contribution in [3.8, 4) is 17.2 Å². The molecule has 3 rings (SSSR count). The van der Waals surface area contributed by atoms with Gasteiger partial charge in [0.05, 0.1) is 13.2 Å². The Morgan fingerprint density at radius 3 is 2.56 bits per heavy atom. The molecule has 0 spiro atoms. The minimum Gasteiger partial charge on any atom is -0.497 e. The molecule has 0 amide bonds. The largest absolute Gasteiger partial charge is 0.497 e. The van der Waals surface area contributed by atoms with Crippen molar-refractivity contribution in [2.75, 3.05) is 34.5 Å². The average Bonchev–Trinajstić information content (AvgIpc) is 3.14. The molecule has 0 saturated heterocycles. The molecule has 2 aromatic rings. The molecule has 1 aliphatic heterocycles. The number of nitrogens with one attached hydrogen (secondary N) is 2. The number of nitrogens with zero attached hydrogens (tertiary/aromatic N) is 1. The normalized spacial score (nSPS) is 13.3. The van der Waals surface area contributed by atoms with Gasteiger partial charge >= 0.3 is 0 Å². The van der Waals surface area contributed by atoms with Gasteiger partial charge in [-0.15, -0.1) is 0 Å². The number of rotatable bonds is 7. The highest BCUT2D eigenvalue weighted by atomic mass is 32.1. The van der Waals surface area contributed by atoms with Crippen molar-refractivity contribution in [2.24, 2.45) is 0 Å². The van der Waals surface area contributed by atoms with E-state index >= 15 is 0 Å². The lowest BCUT2D eigenvalue weighted by Gasteiger charge is -2.26. The first kappa shape index (κ1) is 19.3. The minimum absolute atomic E-state index is 0.196.